The second kappa shape index (κ2) is 7.12. The lowest BCUT2D eigenvalue weighted by atomic mass is 9.98. The van der Waals surface area contributed by atoms with E-state index < -0.39 is 0 Å². The van der Waals surface area contributed by atoms with Crippen LogP contribution in [0.4, 0.5) is 5.69 Å². The summed E-state index contributed by atoms with van der Waals surface area (Å²) in [5.74, 6) is 0.727. The number of hydrogen-bond donors (Lipinski definition) is 1. The van der Waals surface area contributed by atoms with Crippen molar-refractivity contribution in [3.63, 3.8) is 0 Å². The standard InChI is InChI=1S/C18H30N2/c1-5-16(19-6-2)15-10-7-8-11-18(15)20-13-9-12-17(20)14(3)4/h7-8,10-11,14,16-17,19H,5-6,9,12-13H2,1-4H3. The fraction of sp³-hybridized carbons (Fsp3) is 0.667. The minimum atomic E-state index is 0.476. The predicted molar refractivity (Wildman–Crippen MR) is 88.4 cm³/mol. The maximum Gasteiger partial charge on any atom is 0.0417 e. The third-order valence-corrected chi connectivity index (χ3v) is 4.55. The predicted octanol–water partition coefficient (Wildman–Crippen LogP) is 4.37. The van der Waals surface area contributed by atoms with Crippen LogP contribution in [0.2, 0.25) is 0 Å². The van der Waals surface area contributed by atoms with Gasteiger partial charge in [0.1, 0.15) is 0 Å². The number of nitrogens with one attached hydrogen (secondary N) is 1. The molecule has 0 spiro atoms. The molecule has 2 atom stereocenters. The molecule has 1 aromatic rings. The van der Waals surface area contributed by atoms with E-state index in [1.54, 1.807) is 0 Å². The Kier molecular flexibility index (Phi) is 5.47. The van der Waals surface area contributed by atoms with E-state index in [1.807, 2.05) is 0 Å². The van der Waals surface area contributed by atoms with Gasteiger partial charge in [0, 0.05) is 24.3 Å². The van der Waals surface area contributed by atoms with Gasteiger partial charge in [-0.25, -0.2) is 0 Å². The molecular formula is C18H30N2. The summed E-state index contributed by atoms with van der Waals surface area (Å²) in [5, 5.41) is 3.63. The number of nitrogens with zero attached hydrogens (tertiary/aromatic N) is 1. The minimum absolute atomic E-state index is 0.476. The van der Waals surface area contributed by atoms with Crippen molar-refractivity contribution in [2.75, 3.05) is 18.0 Å². The van der Waals surface area contributed by atoms with E-state index in [2.05, 4.69) is 62.2 Å². The Balaban J connectivity index is 2.31. The van der Waals surface area contributed by atoms with Crippen LogP contribution in [0, 0.1) is 5.92 Å². The summed E-state index contributed by atoms with van der Waals surface area (Å²) < 4.78 is 0. The fourth-order valence-corrected chi connectivity index (χ4v) is 3.55. The van der Waals surface area contributed by atoms with Crippen molar-refractivity contribution in [3.8, 4) is 0 Å². The first-order valence-electron chi connectivity index (χ1n) is 8.28. The molecule has 0 bridgehead atoms. The van der Waals surface area contributed by atoms with Crippen LogP contribution in [0.1, 0.15) is 58.6 Å². The van der Waals surface area contributed by atoms with Gasteiger partial charge in [-0.1, -0.05) is 45.9 Å². The molecule has 1 heterocycles. The molecule has 1 aliphatic rings. The van der Waals surface area contributed by atoms with Crippen molar-refractivity contribution in [2.24, 2.45) is 5.92 Å². The molecule has 2 rings (SSSR count). The van der Waals surface area contributed by atoms with Gasteiger partial charge in [0.2, 0.25) is 0 Å². The van der Waals surface area contributed by atoms with Gasteiger partial charge < -0.3 is 10.2 Å². The molecule has 20 heavy (non-hydrogen) atoms. The Morgan fingerprint density at radius 3 is 2.65 bits per heavy atom. The summed E-state index contributed by atoms with van der Waals surface area (Å²) in [6, 6.07) is 10.2. The Bertz CT molecular complexity index is 414. The van der Waals surface area contributed by atoms with Crippen molar-refractivity contribution in [2.45, 2.75) is 59.0 Å². The van der Waals surface area contributed by atoms with Crippen molar-refractivity contribution in [1.82, 2.24) is 5.32 Å². The Labute approximate surface area is 124 Å². The van der Waals surface area contributed by atoms with Gasteiger partial charge in [-0.2, -0.15) is 0 Å². The highest BCUT2D eigenvalue weighted by molar-refractivity contribution is 5.56. The van der Waals surface area contributed by atoms with Gasteiger partial charge in [-0.15, -0.1) is 0 Å². The monoisotopic (exact) mass is 274 g/mol. The molecule has 2 nitrogen and oxygen atoms in total. The molecule has 0 amide bonds. The molecular weight excluding hydrogens is 244 g/mol. The summed E-state index contributed by atoms with van der Waals surface area (Å²) in [5.41, 5.74) is 2.93. The second-order valence-corrected chi connectivity index (χ2v) is 6.22. The lowest BCUT2D eigenvalue weighted by molar-refractivity contribution is 0.486. The molecule has 1 saturated heterocycles. The molecule has 0 saturated carbocycles. The Morgan fingerprint density at radius 2 is 2.00 bits per heavy atom. The summed E-state index contributed by atoms with van der Waals surface area (Å²) in [6.45, 7) is 11.4. The van der Waals surface area contributed by atoms with Crippen LogP contribution in [-0.2, 0) is 0 Å². The molecule has 1 N–H and O–H groups in total. The average Bonchev–Trinajstić information content (AvgIpc) is 2.94. The molecule has 0 aromatic heterocycles. The zero-order valence-electron chi connectivity index (χ0n) is 13.5. The highest BCUT2D eigenvalue weighted by atomic mass is 15.2. The van der Waals surface area contributed by atoms with Gasteiger partial charge in [0.15, 0.2) is 0 Å². The lowest BCUT2D eigenvalue weighted by Gasteiger charge is -2.33. The van der Waals surface area contributed by atoms with Gasteiger partial charge in [-0.05, 0) is 43.4 Å². The van der Waals surface area contributed by atoms with E-state index in [0.29, 0.717) is 12.1 Å². The van der Waals surface area contributed by atoms with Crippen LogP contribution in [0.5, 0.6) is 0 Å². The van der Waals surface area contributed by atoms with E-state index in [9.17, 15) is 0 Å². The molecule has 2 unspecified atom stereocenters. The minimum Gasteiger partial charge on any atom is -0.368 e. The largest absolute Gasteiger partial charge is 0.368 e. The lowest BCUT2D eigenvalue weighted by Crippen LogP contribution is -2.35. The number of anilines is 1. The van der Waals surface area contributed by atoms with Crippen LogP contribution in [0.3, 0.4) is 0 Å². The molecule has 112 valence electrons. The quantitative estimate of drug-likeness (QED) is 0.828. The molecule has 0 aliphatic carbocycles. The number of rotatable bonds is 6. The van der Waals surface area contributed by atoms with Gasteiger partial charge in [0.25, 0.3) is 0 Å². The van der Waals surface area contributed by atoms with Crippen LogP contribution in [0.15, 0.2) is 24.3 Å². The summed E-state index contributed by atoms with van der Waals surface area (Å²) in [6.07, 6.45) is 3.81. The smallest absolute Gasteiger partial charge is 0.0417 e. The summed E-state index contributed by atoms with van der Waals surface area (Å²) >= 11 is 0. The summed E-state index contributed by atoms with van der Waals surface area (Å²) in [4.78, 5) is 2.65. The molecule has 1 fully saturated rings. The zero-order valence-corrected chi connectivity index (χ0v) is 13.5. The van der Waals surface area contributed by atoms with Crippen LogP contribution >= 0.6 is 0 Å². The van der Waals surface area contributed by atoms with E-state index in [4.69, 9.17) is 0 Å². The SMILES string of the molecule is CCNC(CC)c1ccccc1N1CCCC1C(C)C. The van der Waals surface area contributed by atoms with E-state index >= 15 is 0 Å². The second-order valence-electron chi connectivity index (χ2n) is 6.22. The van der Waals surface area contributed by atoms with Gasteiger partial charge >= 0.3 is 0 Å². The van der Waals surface area contributed by atoms with E-state index in [0.717, 1.165) is 18.9 Å². The number of hydrogen-bond acceptors (Lipinski definition) is 2. The Hall–Kier alpha value is -1.02. The third-order valence-electron chi connectivity index (χ3n) is 4.55. The number of benzene rings is 1. The van der Waals surface area contributed by atoms with Crippen LogP contribution in [0.25, 0.3) is 0 Å². The maximum atomic E-state index is 3.63. The first-order chi connectivity index (χ1) is 9.69. The molecule has 1 aliphatic heterocycles. The molecule has 0 radical (unpaired) electrons. The van der Waals surface area contributed by atoms with Crippen LogP contribution < -0.4 is 10.2 Å². The van der Waals surface area contributed by atoms with Gasteiger partial charge in [-0.3, -0.25) is 0 Å². The van der Waals surface area contributed by atoms with Crippen molar-refractivity contribution < 1.29 is 0 Å². The highest BCUT2D eigenvalue weighted by Crippen LogP contribution is 2.35. The maximum absolute atomic E-state index is 3.63. The molecule has 1 aromatic carbocycles. The first kappa shape index (κ1) is 15.4. The number of para-hydroxylation sites is 1. The summed E-state index contributed by atoms with van der Waals surface area (Å²) in [7, 11) is 0. The van der Waals surface area contributed by atoms with Crippen molar-refractivity contribution in [1.29, 1.82) is 0 Å². The first-order valence-corrected chi connectivity index (χ1v) is 8.28. The van der Waals surface area contributed by atoms with E-state index in [1.165, 1.54) is 30.6 Å². The third kappa shape index (κ3) is 3.17. The van der Waals surface area contributed by atoms with Gasteiger partial charge in [0.05, 0.1) is 0 Å². The topological polar surface area (TPSA) is 15.3 Å². The zero-order chi connectivity index (χ0) is 14.5. The van der Waals surface area contributed by atoms with E-state index in [-0.39, 0.29) is 0 Å². The highest BCUT2D eigenvalue weighted by Gasteiger charge is 2.29. The average molecular weight is 274 g/mol. The molecule has 2 heteroatoms. The van der Waals surface area contributed by atoms with Crippen LogP contribution in [-0.4, -0.2) is 19.1 Å². The van der Waals surface area contributed by atoms with Crippen molar-refractivity contribution >= 4 is 5.69 Å². The normalized spacial score (nSPS) is 20.6. The Morgan fingerprint density at radius 1 is 1.25 bits per heavy atom. The van der Waals surface area contributed by atoms with Crippen molar-refractivity contribution in [3.05, 3.63) is 29.8 Å². The fourth-order valence-electron chi connectivity index (χ4n) is 3.55.